The van der Waals surface area contributed by atoms with Crippen molar-refractivity contribution in [3.05, 3.63) is 28.8 Å². The van der Waals surface area contributed by atoms with Gasteiger partial charge in [0.05, 0.1) is 22.0 Å². The summed E-state index contributed by atoms with van der Waals surface area (Å²) in [5.41, 5.74) is 0.192. The quantitative estimate of drug-likeness (QED) is 0.621. The molecular formula is C9H8BrClO2. The second-order valence-corrected chi connectivity index (χ2v) is 3.30. The van der Waals surface area contributed by atoms with Crippen LogP contribution in [0.15, 0.2) is 18.2 Å². The summed E-state index contributed by atoms with van der Waals surface area (Å²) >= 11 is 8.71. The summed E-state index contributed by atoms with van der Waals surface area (Å²) in [6.45, 7) is 0. The Labute approximate surface area is 94.2 Å². The van der Waals surface area contributed by atoms with Gasteiger partial charge in [-0.25, -0.2) is 0 Å². The highest BCUT2D eigenvalue weighted by atomic mass is 79.9. The summed E-state index contributed by atoms with van der Waals surface area (Å²) < 4.78 is 25.6. The van der Waals surface area contributed by atoms with Crippen molar-refractivity contribution in [2.24, 2.45) is 0 Å². The highest BCUT2D eigenvalue weighted by Gasteiger charge is 2.10. The number of ketones is 1. The molecule has 0 atom stereocenters. The van der Waals surface area contributed by atoms with Crippen LogP contribution in [0, 0.1) is 0 Å². The van der Waals surface area contributed by atoms with Crippen LogP contribution in [0.25, 0.3) is 0 Å². The van der Waals surface area contributed by atoms with Crippen molar-refractivity contribution in [3.63, 3.8) is 0 Å². The van der Waals surface area contributed by atoms with Crippen molar-refractivity contribution < 1.29 is 13.6 Å². The maximum Gasteiger partial charge on any atom is 0.177 e. The molecule has 0 aliphatic heterocycles. The van der Waals surface area contributed by atoms with Gasteiger partial charge in [-0.05, 0) is 18.2 Å². The van der Waals surface area contributed by atoms with Gasteiger partial charge in [0, 0.05) is 5.02 Å². The Balaban J connectivity index is 3.13. The van der Waals surface area contributed by atoms with E-state index in [1.54, 1.807) is 0 Å². The van der Waals surface area contributed by atoms with Gasteiger partial charge >= 0.3 is 0 Å². The van der Waals surface area contributed by atoms with E-state index in [0.717, 1.165) is 0 Å². The molecule has 0 amide bonds. The topological polar surface area (TPSA) is 26.3 Å². The largest absolute Gasteiger partial charge is 0.496 e. The Morgan fingerprint density at radius 3 is 3.15 bits per heavy atom. The highest BCUT2D eigenvalue weighted by Crippen LogP contribution is 2.23. The minimum Gasteiger partial charge on any atom is -0.496 e. The van der Waals surface area contributed by atoms with Crippen molar-refractivity contribution in [2.45, 2.75) is 0 Å². The molecule has 0 fully saturated rings. The first-order chi connectivity index (χ1) is 7.33. The lowest BCUT2D eigenvalue weighted by Gasteiger charge is -2.05. The zero-order chi connectivity index (χ0) is 12.3. The summed E-state index contributed by atoms with van der Waals surface area (Å²) in [5.74, 6) is -0.298. The molecule has 2 nitrogen and oxygen atoms in total. The molecule has 1 aromatic carbocycles. The lowest BCUT2D eigenvalue weighted by Crippen LogP contribution is -2.02. The number of halogens is 2. The molecule has 0 aliphatic carbocycles. The van der Waals surface area contributed by atoms with Crippen LogP contribution >= 0.6 is 27.5 Å². The van der Waals surface area contributed by atoms with Gasteiger partial charge in [0.1, 0.15) is 5.75 Å². The fraction of sp³-hybridized carbons (Fsp3) is 0.222. The number of carbonyl (C=O) groups is 1. The summed E-state index contributed by atoms with van der Waals surface area (Å²) in [4.78, 5) is 11.5. The Morgan fingerprint density at radius 1 is 1.77 bits per heavy atom. The van der Waals surface area contributed by atoms with E-state index >= 15 is 0 Å². The van der Waals surface area contributed by atoms with Gasteiger partial charge in [0.2, 0.25) is 0 Å². The zero-order valence-electron chi connectivity index (χ0n) is 9.51. The number of ether oxygens (including phenoxy) is 1. The van der Waals surface area contributed by atoms with Crippen LogP contribution in [0.5, 0.6) is 5.75 Å². The lowest BCUT2D eigenvalue weighted by molar-refractivity contribution is 0.102. The summed E-state index contributed by atoms with van der Waals surface area (Å²) in [6.07, 6.45) is 0. The fourth-order valence-corrected chi connectivity index (χ4v) is 1.35. The first kappa shape index (κ1) is 6.85. The molecule has 0 saturated heterocycles. The second kappa shape index (κ2) is 4.63. The Bertz CT molecular complexity index is 406. The summed E-state index contributed by atoms with van der Waals surface area (Å²) in [7, 11) is -2.61. The molecule has 0 unspecified atom stereocenters. The third kappa shape index (κ3) is 2.45. The van der Waals surface area contributed by atoms with Crippen LogP contribution in [0.2, 0.25) is 5.02 Å². The van der Waals surface area contributed by atoms with Gasteiger partial charge < -0.3 is 4.74 Å². The molecule has 0 spiro atoms. The molecule has 0 bridgehead atoms. The maximum atomic E-state index is 11.5. The number of carbonyl (C=O) groups excluding carboxylic acids is 1. The van der Waals surface area contributed by atoms with Crippen molar-refractivity contribution in [1.29, 1.82) is 0 Å². The average molecular weight is 267 g/mol. The van der Waals surface area contributed by atoms with Crippen molar-refractivity contribution in [2.75, 3.05) is 12.4 Å². The van der Waals surface area contributed by atoms with E-state index in [1.807, 2.05) is 0 Å². The Morgan fingerprint density at radius 2 is 2.54 bits per heavy atom. The Kier molecular flexibility index (Phi) is 2.44. The SMILES string of the molecule is [2H]C([2H])([2H])Oc1cc(Cl)ccc1C(=O)CBr. The van der Waals surface area contributed by atoms with Crippen LogP contribution in [-0.2, 0) is 0 Å². The van der Waals surface area contributed by atoms with Gasteiger partial charge in [0.15, 0.2) is 5.78 Å². The monoisotopic (exact) mass is 265 g/mol. The molecule has 0 radical (unpaired) electrons. The molecule has 0 heterocycles. The van der Waals surface area contributed by atoms with E-state index in [4.69, 9.17) is 20.5 Å². The van der Waals surface area contributed by atoms with Crippen LogP contribution in [0.1, 0.15) is 14.5 Å². The number of methoxy groups -OCH3 is 1. The minimum absolute atomic E-state index is 0.0306. The maximum absolute atomic E-state index is 11.5. The molecule has 0 aromatic heterocycles. The van der Waals surface area contributed by atoms with Crippen LogP contribution in [-0.4, -0.2) is 18.2 Å². The molecular weight excluding hydrogens is 255 g/mol. The van der Waals surface area contributed by atoms with E-state index < -0.39 is 7.04 Å². The predicted molar refractivity (Wildman–Crippen MR) is 56.1 cm³/mol. The summed E-state index contributed by atoms with van der Waals surface area (Å²) in [6, 6.07) is 4.25. The standard InChI is InChI=1S/C9H8BrClO2/c1-13-9-4-6(11)2-3-7(9)8(12)5-10/h2-4H,5H2,1H3/i1D3. The molecule has 0 saturated carbocycles. The number of benzene rings is 1. The van der Waals surface area contributed by atoms with Crippen LogP contribution < -0.4 is 4.74 Å². The summed E-state index contributed by atoms with van der Waals surface area (Å²) in [5, 5.41) is 0.400. The number of alkyl halides is 1. The number of hydrogen-bond acceptors (Lipinski definition) is 2. The van der Waals surface area contributed by atoms with Gasteiger partial charge in [0.25, 0.3) is 0 Å². The molecule has 1 rings (SSSR count). The van der Waals surface area contributed by atoms with Crippen molar-refractivity contribution >= 4 is 33.3 Å². The smallest absolute Gasteiger partial charge is 0.177 e. The fourth-order valence-electron chi connectivity index (χ4n) is 0.883. The average Bonchev–Trinajstić information content (AvgIpc) is 2.14. The minimum atomic E-state index is -2.61. The molecule has 4 heteroatoms. The second-order valence-electron chi connectivity index (χ2n) is 2.30. The number of Topliss-reactive ketones (excluding diaryl/α,β-unsaturated/α-hetero) is 1. The highest BCUT2D eigenvalue weighted by molar-refractivity contribution is 9.09. The van der Waals surface area contributed by atoms with Gasteiger partial charge in [-0.15, -0.1) is 0 Å². The number of rotatable bonds is 3. The van der Waals surface area contributed by atoms with E-state index in [-0.39, 0.29) is 22.4 Å². The molecule has 1 aromatic rings. The van der Waals surface area contributed by atoms with E-state index in [2.05, 4.69) is 15.9 Å². The third-order valence-corrected chi connectivity index (χ3v) is 2.22. The van der Waals surface area contributed by atoms with Crippen molar-refractivity contribution in [1.82, 2.24) is 0 Å². The first-order valence-electron chi connectivity index (χ1n) is 4.91. The molecule has 70 valence electrons. The molecule has 0 N–H and O–H groups in total. The van der Waals surface area contributed by atoms with Crippen LogP contribution in [0.3, 0.4) is 0 Å². The van der Waals surface area contributed by atoms with E-state index in [1.165, 1.54) is 18.2 Å². The molecule has 13 heavy (non-hydrogen) atoms. The van der Waals surface area contributed by atoms with E-state index in [0.29, 0.717) is 5.02 Å². The van der Waals surface area contributed by atoms with Crippen molar-refractivity contribution in [3.8, 4) is 5.75 Å². The Hall–Kier alpha value is -0.540. The van der Waals surface area contributed by atoms with Gasteiger partial charge in [-0.3, -0.25) is 4.79 Å². The predicted octanol–water partition coefficient (Wildman–Crippen LogP) is 2.93. The normalized spacial score (nSPS) is 14.2. The third-order valence-electron chi connectivity index (χ3n) is 1.48. The molecule has 0 aliphatic rings. The number of hydrogen-bond donors (Lipinski definition) is 0. The zero-order valence-corrected chi connectivity index (χ0v) is 8.85. The van der Waals surface area contributed by atoms with Crippen LogP contribution in [0.4, 0.5) is 0 Å². The van der Waals surface area contributed by atoms with Gasteiger partial charge in [-0.2, -0.15) is 0 Å². The van der Waals surface area contributed by atoms with Gasteiger partial charge in [-0.1, -0.05) is 27.5 Å². The first-order valence-corrected chi connectivity index (χ1v) is 4.91. The van der Waals surface area contributed by atoms with E-state index in [9.17, 15) is 4.79 Å². The lowest BCUT2D eigenvalue weighted by atomic mass is 10.1.